The zero-order valence-corrected chi connectivity index (χ0v) is 11.4. The Bertz CT molecular complexity index is 267. The Kier molecular flexibility index (Phi) is 5.20. The second-order valence-electron chi connectivity index (χ2n) is 6.10. The summed E-state index contributed by atoms with van der Waals surface area (Å²) in [6.07, 6.45) is 1.98. The van der Waals surface area contributed by atoms with Gasteiger partial charge in [0.25, 0.3) is 0 Å². The average molecular weight is 227 g/mol. The van der Waals surface area contributed by atoms with Crippen LogP contribution in [0.4, 0.5) is 0 Å². The van der Waals surface area contributed by atoms with Crippen molar-refractivity contribution in [3.8, 4) is 0 Å². The van der Waals surface area contributed by atoms with E-state index in [4.69, 9.17) is 10.5 Å². The maximum atomic E-state index is 11.9. The van der Waals surface area contributed by atoms with Crippen LogP contribution < -0.4 is 5.73 Å². The van der Waals surface area contributed by atoms with Crippen LogP contribution in [0.15, 0.2) is 11.6 Å². The van der Waals surface area contributed by atoms with Gasteiger partial charge in [-0.1, -0.05) is 47.6 Å². The predicted octanol–water partition coefficient (Wildman–Crippen LogP) is 2.51. The van der Waals surface area contributed by atoms with Crippen LogP contribution in [0, 0.1) is 10.8 Å². The van der Waals surface area contributed by atoms with E-state index in [1.165, 1.54) is 0 Å². The van der Waals surface area contributed by atoms with Gasteiger partial charge in [-0.15, -0.1) is 0 Å². The molecule has 0 aromatic rings. The van der Waals surface area contributed by atoms with Crippen LogP contribution >= 0.6 is 0 Å². The number of rotatable bonds is 3. The highest BCUT2D eigenvalue weighted by molar-refractivity contribution is 5.89. The van der Waals surface area contributed by atoms with Gasteiger partial charge in [-0.2, -0.15) is 0 Å². The van der Waals surface area contributed by atoms with Crippen molar-refractivity contribution in [1.82, 2.24) is 0 Å². The van der Waals surface area contributed by atoms with Crippen LogP contribution in [0.3, 0.4) is 0 Å². The lowest BCUT2D eigenvalue weighted by Gasteiger charge is -2.25. The van der Waals surface area contributed by atoms with Gasteiger partial charge in [0.2, 0.25) is 0 Å². The Morgan fingerprint density at radius 1 is 1.19 bits per heavy atom. The standard InChI is InChI=1S/C13H25NO2/c1-12(2,3)9-10(13(4,5)6)11(15)16-8-7-14/h9H,7-8,14H2,1-6H3. The molecule has 94 valence electrons. The number of carbonyl (C=O) groups excluding carboxylic acids is 1. The predicted molar refractivity (Wildman–Crippen MR) is 67.0 cm³/mol. The zero-order valence-electron chi connectivity index (χ0n) is 11.4. The average Bonchev–Trinajstić information content (AvgIpc) is 2.07. The first-order chi connectivity index (χ1) is 7.08. The molecule has 0 aliphatic heterocycles. The van der Waals surface area contributed by atoms with Crippen LogP contribution in [-0.4, -0.2) is 19.1 Å². The van der Waals surface area contributed by atoms with Crippen molar-refractivity contribution in [3.63, 3.8) is 0 Å². The molecule has 0 heterocycles. The molecule has 0 aromatic heterocycles. The van der Waals surface area contributed by atoms with Crippen molar-refractivity contribution < 1.29 is 9.53 Å². The summed E-state index contributed by atoms with van der Waals surface area (Å²) in [7, 11) is 0. The zero-order chi connectivity index (χ0) is 13.0. The fraction of sp³-hybridized carbons (Fsp3) is 0.769. The van der Waals surface area contributed by atoms with Gasteiger partial charge in [0.1, 0.15) is 6.61 Å². The molecule has 0 amide bonds. The van der Waals surface area contributed by atoms with Crippen LogP contribution in [0.2, 0.25) is 0 Å². The van der Waals surface area contributed by atoms with Crippen molar-refractivity contribution in [3.05, 3.63) is 11.6 Å². The minimum atomic E-state index is -0.257. The van der Waals surface area contributed by atoms with E-state index in [0.29, 0.717) is 12.1 Å². The Balaban J connectivity index is 4.98. The number of hydrogen-bond acceptors (Lipinski definition) is 3. The molecule has 2 N–H and O–H groups in total. The number of carbonyl (C=O) groups is 1. The molecule has 0 aliphatic carbocycles. The first-order valence-corrected chi connectivity index (χ1v) is 5.68. The fourth-order valence-corrected chi connectivity index (χ4v) is 1.24. The normalized spacial score (nSPS) is 13.8. The highest BCUT2D eigenvalue weighted by Gasteiger charge is 2.27. The van der Waals surface area contributed by atoms with Gasteiger partial charge in [-0.3, -0.25) is 0 Å². The molecule has 0 saturated carbocycles. The molecule has 0 unspecified atom stereocenters. The lowest BCUT2D eigenvalue weighted by Crippen LogP contribution is -2.24. The molecule has 0 bridgehead atoms. The van der Waals surface area contributed by atoms with Gasteiger partial charge in [-0.25, -0.2) is 4.79 Å². The monoisotopic (exact) mass is 227 g/mol. The summed E-state index contributed by atoms with van der Waals surface area (Å²) >= 11 is 0. The fourth-order valence-electron chi connectivity index (χ4n) is 1.24. The largest absolute Gasteiger partial charge is 0.461 e. The van der Waals surface area contributed by atoms with Gasteiger partial charge in [0.05, 0.1) is 0 Å². The maximum absolute atomic E-state index is 11.9. The molecular weight excluding hydrogens is 202 g/mol. The Morgan fingerprint density at radius 2 is 1.69 bits per heavy atom. The molecule has 3 nitrogen and oxygen atoms in total. The molecule has 3 heteroatoms. The number of hydrogen-bond donors (Lipinski definition) is 1. The lowest BCUT2D eigenvalue weighted by molar-refractivity contribution is -0.139. The summed E-state index contributed by atoms with van der Waals surface area (Å²) < 4.78 is 5.09. The molecule has 0 saturated heterocycles. The smallest absolute Gasteiger partial charge is 0.334 e. The quantitative estimate of drug-likeness (QED) is 0.595. The second-order valence-corrected chi connectivity index (χ2v) is 6.10. The number of nitrogens with two attached hydrogens (primary N) is 1. The van der Waals surface area contributed by atoms with E-state index in [1.807, 2.05) is 26.8 Å². The molecule has 0 radical (unpaired) electrons. The minimum Gasteiger partial charge on any atom is -0.461 e. The van der Waals surface area contributed by atoms with Crippen molar-refractivity contribution in [2.75, 3.05) is 13.2 Å². The lowest BCUT2D eigenvalue weighted by atomic mass is 9.81. The summed E-state index contributed by atoms with van der Waals surface area (Å²) in [6.45, 7) is 12.9. The molecule has 0 rings (SSSR count). The van der Waals surface area contributed by atoms with E-state index in [9.17, 15) is 4.79 Å². The first-order valence-electron chi connectivity index (χ1n) is 5.68. The van der Waals surface area contributed by atoms with Crippen LogP contribution in [0.1, 0.15) is 41.5 Å². The summed E-state index contributed by atoms with van der Waals surface area (Å²) in [5.74, 6) is -0.257. The van der Waals surface area contributed by atoms with E-state index in [1.54, 1.807) is 0 Å². The topological polar surface area (TPSA) is 52.3 Å². The van der Waals surface area contributed by atoms with Gasteiger partial charge in [-0.05, 0) is 10.8 Å². The van der Waals surface area contributed by atoms with Crippen molar-refractivity contribution in [2.45, 2.75) is 41.5 Å². The highest BCUT2D eigenvalue weighted by atomic mass is 16.5. The SMILES string of the molecule is CC(C)(C)C=C(C(=O)OCCN)C(C)(C)C. The Hall–Kier alpha value is -0.830. The third kappa shape index (κ3) is 5.91. The van der Waals surface area contributed by atoms with Crippen LogP contribution in [0.5, 0.6) is 0 Å². The van der Waals surface area contributed by atoms with Gasteiger partial charge in [0, 0.05) is 12.1 Å². The van der Waals surface area contributed by atoms with Crippen LogP contribution in [0.25, 0.3) is 0 Å². The Morgan fingerprint density at radius 3 is 2.00 bits per heavy atom. The van der Waals surface area contributed by atoms with Gasteiger partial charge in [0.15, 0.2) is 0 Å². The summed E-state index contributed by atoms with van der Waals surface area (Å²) in [6, 6.07) is 0. The Labute approximate surface area is 99.0 Å². The van der Waals surface area contributed by atoms with E-state index in [2.05, 4.69) is 20.8 Å². The van der Waals surface area contributed by atoms with E-state index >= 15 is 0 Å². The minimum absolute atomic E-state index is 0.0374. The van der Waals surface area contributed by atoms with Gasteiger partial charge < -0.3 is 10.5 Å². The van der Waals surface area contributed by atoms with E-state index < -0.39 is 0 Å². The molecule has 0 aromatic carbocycles. The molecule has 16 heavy (non-hydrogen) atoms. The summed E-state index contributed by atoms with van der Waals surface area (Å²) in [5, 5.41) is 0. The van der Waals surface area contributed by atoms with Crippen molar-refractivity contribution in [1.29, 1.82) is 0 Å². The number of esters is 1. The number of allylic oxidation sites excluding steroid dienone is 1. The van der Waals surface area contributed by atoms with E-state index in [-0.39, 0.29) is 23.4 Å². The van der Waals surface area contributed by atoms with Gasteiger partial charge >= 0.3 is 5.97 Å². The molecule has 0 aliphatic rings. The molecule has 0 spiro atoms. The van der Waals surface area contributed by atoms with Crippen molar-refractivity contribution in [2.24, 2.45) is 16.6 Å². The van der Waals surface area contributed by atoms with Crippen molar-refractivity contribution >= 4 is 5.97 Å². The third-order valence-electron chi connectivity index (χ3n) is 1.96. The van der Waals surface area contributed by atoms with Crippen LogP contribution in [-0.2, 0) is 9.53 Å². The maximum Gasteiger partial charge on any atom is 0.334 e. The highest BCUT2D eigenvalue weighted by Crippen LogP contribution is 2.30. The first kappa shape index (κ1) is 15.2. The second kappa shape index (κ2) is 5.48. The summed E-state index contributed by atoms with van der Waals surface area (Å²) in [5.41, 5.74) is 5.79. The molecule has 0 atom stereocenters. The third-order valence-corrected chi connectivity index (χ3v) is 1.96. The molecular formula is C13H25NO2. The summed E-state index contributed by atoms with van der Waals surface area (Å²) in [4.78, 5) is 11.9. The number of ether oxygens (including phenoxy) is 1. The van der Waals surface area contributed by atoms with E-state index in [0.717, 1.165) is 0 Å². The molecule has 0 fully saturated rings.